The summed E-state index contributed by atoms with van der Waals surface area (Å²) in [4.78, 5) is 8.84. The van der Waals surface area contributed by atoms with Gasteiger partial charge in [0.2, 0.25) is 0 Å². The van der Waals surface area contributed by atoms with Gasteiger partial charge >= 0.3 is 0 Å². The van der Waals surface area contributed by atoms with Gasteiger partial charge in [0.1, 0.15) is 11.6 Å². The van der Waals surface area contributed by atoms with Gasteiger partial charge in [-0.2, -0.15) is 0 Å². The minimum absolute atomic E-state index is 0.368. The van der Waals surface area contributed by atoms with E-state index in [0.717, 1.165) is 22.9 Å². The topological polar surface area (TPSA) is 37.8 Å². The summed E-state index contributed by atoms with van der Waals surface area (Å²) in [6.07, 6.45) is 0. The molecule has 0 spiro atoms. The number of nitrogens with one attached hydrogen (secondary N) is 1. The number of rotatable bonds is 3. The molecule has 3 nitrogen and oxygen atoms in total. The van der Waals surface area contributed by atoms with Gasteiger partial charge in [-0.1, -0.05) is 30.3 Å². The second-order valence-electron chi connectivity index (χ2n) is 4.35. The number of hydrogen-bond donors (Lipinski definition) is 1. The molecule has 2 rings (SSSR count). The number of benzene rings is 1. The van der Waals surface area contributed by atoms with Crippen molar-refractivity contribution in [2.45, 2.75) is 26.8 Å². The van der Waals surface area contributed by atoms with Gasteiger partial charge in [-0.05, 0) is 20.8 Å². The summed E-state index contributed by atoms with van der Waals surface area (Å²) in [7, 11) is 0. The molecule has 3 heteroatoms. The number of aryl methyl sites for hydroxylation is 1. The van der Waals surface area contributed by atoms with E-state index in [1.54, 1.807) is 0 Å². The Labute approximate surface area is 102 Å². The Balaban J connectivity index is 2.38. The predicted octanol–water partition coefficient (Wildman–Crippen LogP) is 3.27. The van der Waals surface area contributed by atoms with Crippen LogP contribution in [0, 0.1) is 6.92 Å². The first-order chi connectivity index (χ1) is 8.15. The molecule has 17 heavy (non-hydrogen) atoms. The van der Waals surface area contributed by atoms with Crippen LogP contribution in [0.15, 0.2) is 36.4 Å². The molecular weight excluding hydrogens is 210 g/mol. The molecule has 1 aromatic carbocycles. The molecule has 0 amide bonds. The van der Waals surface area contributed by atoms with Gasteiger partial charge in [0.25, 0.3) is 0 Å². The van der Waals surface area contributed by atoms with E-state index in [4.69, 9.17) is 0 Å². The van der Waals surface area contributed by atoms with Crippen LogP contribution in [0.5, 0.6) is 0 Å². The summed E-state index contributed by atoms with van der Waals surface area (Å²) in [5.41, 5.74) is 2.08. The molecule has 88 valence electrons. The highest BCUT2D eigenvalue weighted by Gasteiger charge is 2.04. The summed E-state index contributed by atoms with van der Waals surface area (Å²) in [6, 6.07) is 12.5. The van der Waals surface area contributed by atoms with Crippen molar-refractivity contribution in [3.63, 3.8) is 0 Å². The lowest BCUT2D eigenvalue weighted by molar-refractivity contribution is 0.881. The number of nitrogens with zero attached hydrogens (tertiary/aromatic N) is 2. The quantitative estimate of drug-likeness (QED) is 0.874. The van der Waals surface area contributed by atoms with Crippen molar-refractivity contribution >= 4 is 5.82 Å². The van der Waals surface area contributed by atoms with E-state index in [9.17, 15) is 0 Å². The Bertz CT molecular complexity index is 492. The lowest BCUT2D eigenvalue weighted by Gasteiger charge is -2.11. The van der Waals surface area contributed by atoms with Crippen molar-refractivity contribution in [3.05, 3.63) is 42.2 Å². The van der Waals surface area contributed by atoms with Crippen LogP contribution in [0.4, 0.5) is 5.82 Å². The highest BCUT2D eigenvalue weighted by Crippen LogP contribution is 2.19. The Hall–Kier alpha value is -1.90. The molecule has 2 aromatic rings. The molecule has 1 heterocycles. The molecule has 0 aliphatic rings. The zero-order valence-corrected chi connectivity index (χ0v) is 10.4. The summed E-state index contributed by atoms with van der Waals surface area (Å²) < 4.78 is 0. The average molecular weight is 227 g/mol. The number of hydrogen-bond acceptors (Lipinski definition) is 3. The van der Waals surface area contributed by atoms with E-state index in [0.29, 0.717) is 6.04 Å². The maximum atomic E-state index is 4.46. The fraction of sp³-hybridized carbons (Fsp3) is 0.286. The van der Waals surface area contributed by atoms with Gasteiger partial charge in [-0.25, -0.2) is 9.97 Å². The molecule has 0 saturated heterocycles. The van der Waals surface area contributed by atoms with E-state index < -0.39 is 0 Å². The van der Waals surface area contributed by atoms with Gasteiger partial charge in [0, 0.05) is 17.7 Å². The molecule has 1 aromatic heterocycles. The van der Waals surface area contributed by atoms with Gasteiger partial charge < -0.3 is 5.32 Å². The molecule has 0 aliphatic carbocycles. The van der Waals surface area contributed by atoms with E-state index in [1.807, 2.05) is 31.2 Å². The van der Waals surface area contributed by atoms with Crippen LogP contribution in [-0.2, 0) is 0 Å². The Kier molecular flexibility index (Phi) is 3.38. The fourth-order valence-electron chi connectivity index (χ4n) is 1.69. The van der Waals surface area contributed by atoms with Gasteiger partial charge in [-0.3, -0.25) is 0 Å². The lowest BCUT2D eigenvalue weighted by Crippen LogP contribution is -2.12. The van der Waals surface area contributed by atoms with Crippen LogP contribution in [0.25, 0.3) is 11.3 Å². The van der Waals surface area contributed by atoms with Crippen LogP contribution in [-0.4, -0.2) is 16.0 Å². The predicted molar refractivity (Wildman–Crippen MR) is 71.0 cm³/mol. The smallest absolute Gasteiger partial charge is 0.130 e. The van der Waals surface area contributed by atoms with Gasteiger partial charge in [0.05, 0.1) is 5.69 Å². The van der Waals surface area contributed by atoms with Gasteiger partial charge in [-0.15, -0.1) is 0 Å². The van der Waals surface area contributed by atoms with E-state index in [-0.39, 0.29) is 0 Å². The number of aromatic nitrogens is 2. The zero-order chi connectivity index (χ0) is 12.3. The second kappa shape index (κ2) is 4.95. The SMILES string of the molecule is Cc1nc(NC(C)C)cc(-c2ccccc2)n1. The van der Waals surface area contributed by atoms with Crippen molar-refractivity contribution in [2.75, 3.05) is 5.32 Å². The molecule has 0 saturated carbocycles. The third kappa shape index (κ3) is 3.03. The van der Waals surface area contributed by atoms with E-state index >= 15 is 0 Å². The number of anilines is 1. The lowest BCUT2D eigenvalue weighted by atomic mass is 10.1. The summed E-state index contributed by atoms with van der Waals surface area (Å²) in [5.74, 6) is 1.67. The van der Waals surface area contributed by atoms with Crippen LogP contribution >= 0.6 is 0 Å². The Morgan fingerprint density at radius 3 is 2.41 bits per heavy atom. The Morgan fingerprint density at radius 1 is 1.06 bits per heavy atom. The monoisotopic (exact) mass is 227 g/mol. The van der Waals surface area contributed by atoms with Crippen LogP contribution in [0.2, 0.25) is 0 Å². The fourth-order valence-corrected chi connectivity index (χ4v) is 1.69. The molecule has 0 atom stereocenters. The first-order valence-corrected chi connectivity index (χ1v) is 5.83. The molecular formula is C14H17N3. The summed E-state index contributed by atoms with van der Waals surface area (Å²) in [5, 5.41) is 3.30. The minimum Gasteiger partial charge on any atom is -0.368 e. The van der Waals surface area contributed by atoms with Crippen LogP contribution in [0.1, 0.15) is 19.7 Å². The molecule has 0 aliphatic heterocycles. The first kappa shape index (κ1) is 11.6. The zero-order valence-electron chi connectivity index (χ0n) is 10.4. The molecule has 0 unspecified atom stereocenters. The third-order valence-corrected chi connectivity index (χ3v) is 2.34. The Morgan fingerprint density at radius 2 is 1.76 bits per heavy atom. The maximum absolute atomic E-state index is 4.46. The average Bonchev–Trinajstić information content (AvgIpc) is 2.28. The van der Waals surface area contributed by atoms with Crippen molar-refractivity contribution in [1.29, 1.82) is 0 Å². The van der Waals surface area contributed by atoms with Crippen molar-refractivity contribution < 1.29 is 0 Å². The third-order valence-electron chi connectivity index (χ3n) is 2.34. The normalized spacial score (nSPS) is 10.6. The van der Waals surface area contributed by atoms with Crippen LogP contribution in [0.3, 0.4) is 0 Å². The highest BCUT2D eigenvalue weighted by atomic mass is 15.0. The van der Waals surface area contributed by atoms with Crippen molar-refractivity contribution in [3.8, 4) is 11.3 Å². The highest BCUT2D eigenvalue weighted by molar-refractivity contribution is 5.62. The van der Waals surface area contributed by atoms with Gasteiger partial charge in [0.15, 0.2) is 0 Å². The largest absolute Gasteiger partial charge is 0.368 e. The van der Waals surface area contributed by atoms with Crippen molar-refractivity contribution in [2.24, 2.45) is 0 Å². The second-order valence-corrected chi connectivity index (χ2v) is 4.35. The first-order valence-electron chi connectivity index (χ1n) is 5.83. The molecule has 1 N–H and O–H groups in total. The molecule has 0 radical (unpaired) electrons. The van der Waals surface area contributed by atoms with Crippen molar-refractivity contribution in [1.82, 2.24) is 9.97 Å². The summed E-state index contributed by atoms with van der Waals surface area (Å²) in [6.45, 7) is 6.11. The summed E-state index contributed by atoms with van der Waals surface area (Å²) >= 11 is 0. The standard InChI is InChI=1S/C14H17N3/c1-10(2)15-14-9-13(16-11(3)17-14)12-7-5-4-6-8-12/h4-10H,1-3H3,(H,15,16,17). The van der Waals surface area contributed by atoms with E-state index in [2.05, 4.69) is 41.3 Å². The minimum atomic E-state index is 0.368. The van der Waals surface area contributed by atoms with E-state index in [1.165, 1.54) is 0 Å². The maximum Gasteiger partial charge on any atom is 0.130 e. The molecule has 0 bridgehead atoms. The molecule has 0 fully saturated rings. The van der Waals surface area contributed by atoms with Crippen LogP contribution < -0.4 is 5.32 Å².